The van der Waals surface area contributed by atoms with Crippen LogP contribution in [0.25, 0.3) is 0 Å². The number of ketones is 1. The fourth-order valence-electron chi connectivity index (χ4n) is 3.17. The summed E-state index contributed by atoms with van der Waals surface area (Å²) >= 11 is 0. The highest BCUT2D eigenvalue weighted by atomic mass is 16.6. The summed E-state index contributed by atoms with van der Waals surface area (Å²) in [5.41, 5.74) is 1.22. The van der Waals surface area contributed by atoms with Crippen molar-refractivity contribution in [3.8, 4) is 0 Å². The summed E-state index contributed by atoms with van der Waals surface area (Å²) in [4.78, 5) is 35.2. The van der Waals surface area contributed by atoms with Crippen LogP contribution in [0.4, 0.5) is 4.79 Å². The van der Waals surface area contributed by atoms with Crippen LogP contribution in [0.5, 0.6) is 0 Å². The molecule has 0 heterocycles. The van der Waals surface area contributed by atoms with E-state index >= 15 is 0 Å². The summed E-state index contributed by atoms with van der Waals surface area (Å²) < 4.78 is 42.4. The lowest BCUT2D eigenvalue weighted by Gasteiger charge is -2.09. The highest BCUT2D eigenvalue weighted by Crippen LogP contribution is 2.02. The molecule has 0 aromatic heterocycles. The third-order valence-corrected chi connectivity index (χ3v) is 5.27. The monoisotopic (exact) mass is 591 g/mol. The van der Waals surface area contributed by atoms with E-state index in [1.807, 2.05) is 30.3 Å². The molecule has 1 N–H and O–H groups in total. The molecule has 0 radical (unpaired) electrons. The smallest absolute Gasteiger partial charge is 0.407 e. The first-order chi connectivity index (χ1) is 20.7. The minimum absolute atomic E-state index is 0.00732. The maximum atomic E-state index is 11.9. The molecular weight excluding hydrogens is 550 g/mol. The van der Waals surface area contributed by atoms with E-state index in [0.717, 1.165) is 5.56 Å². The number of benzene rings is 2. The van der Waals surface area contributed by atoms with Gasteiger partial charge in [-0.25, -0.2) is 9.59 Å². The van der Waals surface area contributed by atoms with Crippen molar-refractivity contribution in [1.29, 1.82) is 0 Å². The highest BCUT2D eigenvalue weighted by molar-refractivity contribution is 6.40. The maximum Gasteiger partial charge on any atom is 0.407 e. The van der Waals surface area contributed by atoms with E-state index in [-0.39, 0.29) is 19.8 Å². The first kappa shape index (κ1) is 34.8. The second kappa shape index (κ2) is 24.2. The molecule has 0 spiro atoms. The molecule has 0 aliphatic heterocycles. The third kappa shape index (κ3) is 18.1. The molecule has 12 nitrogen and oxygen atoms in total. The van der Waals surface area contributed by atoms with Gasteiger partial charge < -0.3 is 43.2 Å². The topological polar surface area (TPSA) is 137 Å². The third-order valence-electron chi connectivity index (χ3n) is 5.27. The molecule has 0 atom stereocenters. The molecule has 0 aliphatic carbocycles. The average molecular weight is 592 g/mol. The van der Waals surface area contributed by atoms with Gasteiger partial charge in [-0.05, 0) is 5.56 Å². The van der Waals surface area contributed by atoms with Crippen LogP contribution in [-0.4, -0.2) is 110 Å². The lowest BCUT2D eigenvalue weighted by Crippen LogP contribution is -2.28. The zero-order valence-electron chi connectivity index (χ0n) is 23.9. The van der Waals surface area contributed by atoms with Crippen LogP contribution in [0.1, 0.15) is 15.9 Å². The Bertz CT molecular complexity index is 976. The van der Waals surface area contributed by atoms with Gasteiger partial charge in [-0.1, -0.05) is 60.7 Å². The molecule has 0 saturated heterocycles. The molecule has 2 aromatic carbocycles. The summed E-state index contributed by atoms with van der Waals surface area (Å²) in [5, 5.41) is 2.63. The van der Waals surface area contributed by atoms with E-state index in [9.17, 15) is 14.4 Å². The van der Waals surface area contributed by atoms with Crippen LogP contribution < -0.4 is 5.32 Å². The first-order valence-electron chi connectivity index (χ1n) is 13.8. The van der Waals surface area contributed by atoms with E-state index in [0.29, 0.717) is 84.8 Å². The molecule has 0 unspecified atom stereocenters. The lowest BCUT2D eigenvalue weighted by molar-refractivity contribution is -0.139. The van der Waals surface area contributed by atoms with Crippen LogP contribution in [0, 0.1) is 0 Å². The summed E-state index contributed by atoms with van der Waals surface area (Å²) in [5.74, 6) is -1.58. The molecule has 232 valence electrons. The van der Waals surface area contributed by atoms with Gasteiger partial charge in [0.25, 0.3) is 5.78 Å². The van der Waals surface area contributed by atoms with E-state index in [4.69, 9.17) is 37.9 Å². The van der Waals surface area contributed by atoms with Gasteiger partial charge in [0.15, 0.2) is 0 Å². The molecule has 2 rings (SSSR count). The number of alkyl carbamates (subject to hydrolysis) is 1. The SMILES string of the molecule is O=C(NCCOCCOCCOCCOCCOCCOCCOC(=O)C(=O)c1ccccc1)OCc1ccccc1. The predicted molar refractivity (Wildman–Crippen MR) is 151 cm³/mol. The largest absolute Gasteiger partial charge is 0.457 e. The van der Waals surface area contributed by atoms with Crippen molar-refractivity contribution in [2.75, 3.05) is 92.4 Å². The van der Waals surface area contributed by atoms with Gasteiger partial charge in [-0.3, -0.25) is 4.79 Å². The molecule has 0 bridgehead atoms. The number of ether oxygens (including phenoxy) is 8. The number of hydrogen-bond acceptors (Lipinski definition) is 11. The Balaban J connectivity index is 1.22. The fourth-order valence-corrected chi connectivity index (χ4v) is 3.17. The van der Waals surface area contributed by atoms with E-state index in [1.165, 1.54) is 0 Å². The Kier molecular flexibility index (Phi) is 20.1. The molecule has 0 fully saturated rings. The molecule has 2 aromatic rings. The van der Waals surface area contributed by atoms with Crippen molar-refractivity contribution < 1.29 is 52.3 Å². The van der Waals surface area contributed by atoms with Crippen molar-refractivity contribution in [2.45, 2.75) is 6.61 Å². The van der Waals surface area contributed by atoms with Crippen LogP contribution in [-0.2, 0) is 49.3 Å². The van der Waals surface area contributed by atoms with Gasteiger partial charge in [0.1, 0.15) is 13.2 Å². The Hall–Kier alpha value is -3.39. The minimum atomic E-state index is -0.901. The minimum Gasteiger partial charge on any atom is -0.457 e. The molecular formula is C30H41NO11. The quantitative estimate of drug-likeness (QED) is 0.0789. The Morgan fingerprint density at radius 2 is 0.929 bits per heavy atom. The van der Waals surface area contributed by atoms with Crippen molar-refractivity contribution in [1.82, 2.24) is 5.32 Å². The number of Topliss-reactive ketones (excluding diaryl/α,β-unsaturated/α-hetero) is 1. The van der Waals surface area contributed by atoms with Crippen LogP contribution >= 0.6 is 0 Å². The normalized spacial score (nSPS) is 10.8. The number of hydrogen-bond donors (Lipinski definition) is 1. The number of carbonyl (C=O) groups is 3. The molecule has 12 heteroatoms. The zero-order chi connectivity index (χ0) is 29.9. The zero-order valence-corrected chi connectivity index (χ0v) is 23.9. The first-order valence-corrected chi connectivity index (χ1v) is 13.8. The Morgan fingerprint density at radius 1 is 0.500 bits per heavy atom. The second-order valence-corrected chi connectivity index (χ2v) is 8.49. The number of rotatable bonds is 25. The van der Waals surface area contributed by atoms with Crippen molar-refractivity contribution in [3.63, 3.8) is 0 Å². The van der Waals surface area contributed by atoms with Gasteiger partial charge in [0, 0.05) is 12.1 Å². The lowest BCUT2D eigenvalue weighted by atomic mass is 10.1. The second-order valence-electron chi connectivity index (χ2n) is 8.49. The Labute approximate surface area is 246 Å². The van der Waals surface area contributed by atoms with E-state index in [2.05, 4.69) is 5.32 Å². The van der Waals surface area contributed by atoms with Gasteiger partial charge in [0.2, 0.25) is 0 Å². The van der Waals surface area contributed by atoms with Crippen LogP contribution in [0.3, 0.4) is 0 Å². The number of nitrogens with one attached hydrogen (secondary N) is 1. The number of carbonyl (C=O) groups excluding carboxylic acids is 3. The summed E-state index contributed by atoms with van der Waals surface area (Å²) in [6.07, 6.45) is -0.480. The molecule has 0 aliphatic rings. The van der Waals surface area contributed by atoms with Crippen molar-refractivity contribution in [2.24, 2.45) is 0 Å². The molecule has 1 amide bonds. The van der Waals surface area contributed by atoms with Crippen LogP contribution in [0.15, 0.2) is 60.7 Å². The molecule has 42 heavy (non-hydrogen) atoms. The molecule has 0 saturated carbocycles. The van der Waals surface area contributed by atoms with Gasteiger partial charge in [-0.15, -0.1) is 0 Å². The van der Waals surface area contributed by atoms with E-state index in [1.54, 1.807) is 30.3 Å². The fraction of sp³-hybridized carbons (Fsp3) is 0.500. The average Bonchev–Trinajstić information content (AvgIpc) is 3.02. The van der Waals surface area contributed by atoms with E-state index < -0.39 is 17.8 Å². The summed E-state index contributed by atoms with van der Waals surface area (Å²) in [6.45, 7) is 5.28. The van der Waals surface area contributed by atoms with Gasteiger partial charge in [-0.2, -0.15) is 0 Å². The Morgan fingerprint density at radius 3 is 1.43 bits per heavy atom. The summed E-state index contributed by atoms with van der Waals surface area (Å²) in [6, 6.07) is 17.7. The predicted octanol–water partition coefficient (Wildman–Crippen LogP) is 2.44. The standard InChI is InChI=1S/C30H41NO11/c32-28(27-9-5-2-6-10-27)29(33)41-24-23-40-22-21-39-20-19-38-18-17-37-16-15-36-14-13-35-12-11-31-30(34)42-25-26-7-3-1-4-8-26/h1-10H,11-25H2,(H,31,34). The summed E-state index contributed by atoms with van der Waals surface area (Å²) in [7, 11) is 0. The number of esters is 1. The van der Waals surface area contributed by atoms with Crippen LogP contribution in [0.2, 0.25) is 0 Å². The maximum absolute atomic E-state index is 11.9. The van der Waals surface area contributed by atoms with Gasteiger partial charge >= 0.3 is 12.1 Å². The highest BCUT2D eigenvalue weighted by Gasteiger charge is 2.17. The van der Waals surface area contributed by atoms with Crippen molar-refractivity contribution in [3.05, 3.63) is 71.8 Å². The van der Waals surface area contributed by atoms with Crippen molar-refractivity contribution >= 4 is 17.8 Å². The van der Waals surface area contributed by atoms with Gasteiger partial charge in [0.05, 0.1) is 79.3 Å². The number of amides is 1.